The van der Waals surface area contributed by atoms with E-state index in [1.165, 1.54) is 12.3 Å². The highest BCUT2D eigenvalue weighted by Gasteiger charge is 2.38. The molecule has 0 bridgehead atoms. The zero-order valence-corrected chi connectivity index (χ0v) is 20.3. The number of benzene rings is 1. The zero-order valence-electron chi connectivity index (χ0n) is 20.3. The van der Waals surface area contributed by atoms with Gasteiger partial charge < -0.3 is 19.7 Å². The van der Waals surface area contributed by atoms with Crippen LogP contribution in [0.15, 0.2) is 42.6 Å². The fraction of sp³-hybridized carbons (Fsp3) is 0.385. The van der Waals surface area contributed by atoms with Crippen LogP contribution >= 0.6 is 0 Å². The summed E-state index contributed by atoms with van der Waals surface area (Å²) < 4.78 is 39.1. The van der Waals surface area contributed by atoms with Crippen LogP contribution in [0, 0.1) is 6.92 Å². The Kier molecular flexibility index (Phi) is 6.29. The van der Waals surface area contributed by atoms with Crippen LogP contribution in [0.25, 0.3) is 11.3 Å². The highest BCUT2D eigenvalue weighted by molar-refractivity contribution is 6.04. The molecule has 0 saturated carbocycles. The lowest BCUT2D eigenvalue weighted by molar-refractivity contribution is 0.0127. The van der Waals surface area contributed by atoms with Crippen molar-refractivity contribution in [3.63, 3.8) is 0 Å². The number of carbonyl (C=O) groups excluding carboxylic acids is 1. The molecule has 0 spiro atoms. The first-order valence-corrected chi connectivity index (χ1v) is 11.9. The molecule has 2 atom stereocenters. The van der Waals surface area contributed by atoms with E-state index in [1.807, 2.05) is 19.1 Å². The second-order valence-corrected chi connectivity index (χ2v) is 9.12. The maximum Gasteiger partial charge on any atom is 0.286 e. The van der Waals surface area contributed by atoms with Crippen LogP contribution in [0.4, 0.5) is 20.2 Å². The molecule has 4 heterocycles. The van der Waals surface area contributed by atoms with Crippen molar-refractivity contribution in [2.24, 2.45) is 0 Å². The molecule has 2 aromatic heterocycles. The van der Waals surface area contributed by atoms with Gasteiger partial charge in [-0.3, -0.25) is 9.78 Å². The van der Waals surface area contributed by atoms with Gasteiger partial charge in [-0.05, 0) is 49.2 Å². The number of halogens is 2. The molecule has 10 heteroatoms. The van der Waals surface area contributed by atoms with Gasteiger partial charge in [0, 0.05) is 36.5 Å². The molecule has 1 amide bonds. The second-order valence-electron chi connectivity index (χ2n) is 9.12. The van der Waals surface area contributed by atoms with E-state index in [9.17, 15) is 13.6 Å². The van der Waals surface area contributed by atoms with Gasteiger partial charge in [-0.25, -0.2) is 0 Å². The van der Waals surface area contributed by atoms with Crippen LogP contribution in [-0.2, 0) is 10.7 Å². The van der Waals surface area contributed by atoms with Crippen molar-refractivity contribution in [3.05, 3.63) is 59.4 Å². The molecule has 2 aliphatic heterocycles. The highest BCUT2D eigenvalue weighted by atomic mass is 19.3. The quantitative estimate of drug-likeness (QED) is 0.554. The van der Waals surface area contributed by atoms with E-state index >= 15 is 0 Å². The van der Waals surface area contributed by atoms with Crippen LogP contribution in [0.1, 0.15) is 41.9 Å². The van der Waals surface area contributed by atoms with Crippen LogP contribution in [0.2, 0.25) is 0 Å². The Morgan fingerprint density at radius 3 is 2.83 bits per heavy atom. The minimum Gasteiger partial charge on any atom is -0.470 e. The van der Waals surface area contributed by atoms with Crippen LogP contribution in [0.3, 0.4) is 0 Å². The van der Waals surface area contributed by atoms with E-state index in [0.717, 1.165) is 42.8 Å². The number of pyridine rings is 1. The van der Waals surface area contributed by atoms with E-state index in [0.29, 0.717) is 30.5 Å². The van der Waals surface area contributed by atoms with Crippen molar-refractivity contribution in [2.75, 3.05) is 30.0 Å². The Morgan fingerprint density at radius 2 is 2.06 bits per heavy atom. The highest BCUT2D eigenvalue weighted by Crippen LogP contribution is 2.39. The summed E-state index contributed by atoms with van der Waals surface area (Å²) in [5.74, 6) is -3.14. The maximum atomic E-state index is 13.6. The maximum absolute atomic E-state index is 13.6. The Hall–Kier alpha value is -3.66. The number of nitrogens with one attached hydrogen (secondary N) is 1. The summed E-state index contributed by atoms with van der Waals surface area (Å²) in [6, 6.07) is 9.99. The van der Waals surface area contributed by atoms with Crippen molar-refractivity contribution in [1.29, 1.82) is 0 Å². The SMILES string of the molecule is CCC1Oc2nnc(-c3cc(NC(=O)c4ccnc(C(C)(F)F)c4)ccc3C)cc2N2CCOCC12. The number of amides is 1. The van der Waals surface area contributed by atoms with Crippen molar-refractivity contribution >= 4 is 17.3 Å². The number of aryl methyl sites for hydroxylation is 1. The largest absolute Gasteiger partial charge is 0.470 e. The van der Waals surface area contributed by atoms with Crippen LogP contribution in [0.5, 0.6) is 5.88 Å². The van der Waals surface area contributed by atoms with E-state index in [4.69, 9.17) is 9.47 Å². The first kappa shape index (κ1) is 24.1. The molecule has 8 nitrogen and oxygen atoms in total. The normalized spacial score (nSPS) is 19.2. The third-order valence-electron chi connectivity index (χ3n) is 6.55. The molecule has 5 rings (SSSR count). The summed E-state index contributed by atoms with van der Waals surface area (Å²) in [7, 11) is 0. The number of rotatable bonds is 5. The molecular weight excluding hydrogens is 468 g/mol. The monoisotopic (exact) mass is 495 g/mol. The lowest BCUT2D eigenvalue weighted by Crippen LogP contribution is -2.56. The number of nitrogens with zero attached hydrogens (tertiary/aromatic N) is 4. The summed E-state index contributed by atoms with van der Waals surface area (Å²) in [5, 5.41) is 11.6. The van der Waals surface area contributed by atoms with Gasteiger partial charge in [0.15, 0.2) is 0 Å². The van der Waals surface area contributed by atoms with E-state index in [2.05, 4.69) is 32.3 Å². The summed E-state index contributed by atoms with van der Waals surface area (Å²) >= 11 is 0. The van der Waals surface area contributed by atoms with E-state index in [-0.39, 0.29) is 17.7 Å². The van der Waals surface area contributed by atoms with Gasteiger partial charge in [-0.2, -0.15) is 8.78 Å². The predicted octanol–water partition coefficient (Wildman–Crippen LogP) is 4.59. The number of fused-ring (bicyclic) bond motifs is 3. The van der Waals surface area contributed by atoms with E-state index in [1.54, 1.807) is 12.1 Å². The average Bonchev–Trinajstić information content (AvgIpc) is 2.88. The molecule has 36 heavy (non-hydrogen) atoms. The summed E-state index contributed by atoms with van der Waals surface area (Å²) in [6.45, 7) is 6.73. The number of ether oxygens (including phenoxy) is 2. The van der Waals surface area contributed by atoms with Crippen LogP contribution in [-0.4, -0.2) is 53.0 Å². The zero-order chi connectivity index (χ0) is 25.4. The number of morpholine rings is 1. The third kappa shape index (κ3) is 4.60. The fourth-order valence-corrected chi connectivity index (χ4v) is 4.59. The molecular formula is C26H27F2N5O3. The first-order chi connectivity index (χ1) is 17.2. The van der Waals surface area contributed by atoms with Crippen molar-refractivity contribution in [1.82, 2.24) is 15.2 Å². The molecule has 0 aliphatic carbocycles. The molecule has 1 fully saturated rings. The van der Waals surface area contributed by atoms with Crippen LogP contribution < -0.4 is 15.0 Å². The number of carbonyl (C=O) groups is 1. The van der Waals surface area contributed by atoms with Gasteiger partial charge >= 0.3 is 0 Å². The number of anilines is 2. The summed E-state index contributed by atoms with van der Waals surface area (Å²) in [4.78, 5) is 18.7. The molecule has 188 valence electrons. The topological polar surface area (TPSA) is 89.5 Å². The van der Waals surface area contributed by atoms with Crippen molar-refractivity contribution in [3.8, 4) is 17.1 Å². The molecule has 0 radical (unpaired) electrons. The number of alkyl halides is 2. The van der Waals surface area contributed by atoms with Crippen molar-refractivity contribution < 1.29 is 23.0 Å². The number of hydrogen-bond donors (Lipinski definition) is 1. The predicted molar refractivity (Wildman–Crippen MR) is 131 cm³/mol. The average molecular weight is 496 g/mol. The number of aromatic nitrogens is 3. The smallest absolute Gasteiger partial charge is 0.286 e. The molecule has 3 aromatic rings. The summed E-state index contributed by atoms with van der Waals surface area (Å²) in [5.41, 5.74) is 3.39. The third-order valence-corrected chi connectivity index (χ3v) is 6.55. The van der Waals surface area contributed by atoms with Gasteiger partial charge in [-0.1, -0.05) is 13.0 Å². The van der Waals surface area contributed by atoms with Crippen molar-refractivity contribution in [2.45, 2.75) is 45.3 Å². The Balaban J connectivity index is 1.43. The van der Waals surface area contributed by atoms with E-state index < -0.39 is 17.5 Å². The standard InChI is InChI=1S/C26H27F2N5O3/c1-4-22-21-14-35-10-9-33(21)20-13-19(31-32-25(20)36-22)18-12-17(6-5-15(18)2)30-24(34)16-7-8-29-23(11-16)26(3,27)28/h5-8,11-13,21-22H,4,9-10,14H2,1-3H3,(H,30,34). The van der Waals surface area contributed by atoms with Gasteiger partial charge in [0.2, 0.25) is 0 Å². The minimum absolute atomic E-state index is 0.0143. The molecule has 2 aliphatic rings. The molecule has 2 unspecified atom stereocenters. The Bertz CT molecular complexity index is 1300. The van der Waals surface area contributed by atoms with Gasteiger partial charge in [0.25, 0.3) is 17.7 Å². The van der Waals surface area contributed by atoms with Gasteiger partial charge in [-0.15, -0.1) is 10.2 Å². The molecule has 1 aromatic carbocycles. The number of hydrogen-bond acceptors (Lipinski definition) is 7. The molecule has 1 saturated heterocycles. The lowest BCUT2D eigenvalue weighted by atomic mass is 10.0. The Morgan fingerprint density at radius 1 is 1.22 bits per heavy atom. The fourth-order valence-electron chi connectivity index (χ4n) is 4.59. The summed E-state index contributed by atoms with van der Waals surface area (Å²) in [6.07, 6.45) is 2.03. The van der Waals surface area contributed by atoms with Gasteiger partial charge in [0.1, 0.15) is 17.5 Å². The first-order valence-electron chi connectivity index (χ1n) is 11.9. The molecule has 1 N–H and O–H groups in total. The Labute approximate surface area is 207 Å². The van der Waals surface area contributed by atoms with Gasteiger partial charge in [0.05, 0.1) is 24.9 Å². The second kappa shape index (κ2) is 9.42. The lowest BCUT2D eigenvalue weighted by Gasteiger charge is -2.44. The minimum atomic E-state index is -3.14.